The predicted octanol–water partition coefficient (Wildman–Crippen LogP) is 2.27. The summed E-state index contributed by atoms with van der Waals surface area (Å²) < 4.78 is 0. The molecule has 0 spiro atoms. The van der Waals surface area contributed by atoms with E-state index in [-0.39, 0.29) is 0 Å². The molecule has 80 valence electrons. The van der Waals surface area contributed by atoms with Crippen LogP contribution < -0.4 is 5.46 Å². The van der Waals surface area contributed by atoms with Gasteiger partial charge in [0.25, 0.3) is 0 Å². The fourth-order valence-corrected chi connectivity index (χ4v) is 1.38. The molecule has 0 saturated carbocycles. The molecule has 0 aromatic heterocycles. The first kappa shape index (κ1) is 12.3. The Morgan fingerprint density at radius 1 is 1.12 bits per heavy atom. The second-order valence-electron chi connectivity index (χ2n) is 3.31. The topological polar surface area (TPSA) is 20.2 Å². The standard InChI is InChI=1S/C14H15BO/c1-3-5-10-13(9-4-2)15(16)14-11-7-6-8-12-14/h3-12,16H,1-2H2/b10-5-,13-9+. The van der Waals surface area contributed by atoms with Gasteiger partial charge in [0.05, 0.1) is 0 Å². The van der Waals surface area contributed by atoms with Crippen molar-refractivity contribution in [1.29, 1.82) is 0 Å². The molecule has 1 rings (SSSR count). The fourth-order valence-electron chi connectivity index (χ4n) is 1.38. The van der Waals surface area contributed by atoms with Crippen molar-refractivity contribution in [3.8, 4) is 0 Å². The van der Waals surface area contributed by atoms with E-state index in [1.54, 1.807) is 24.3 Å². The molecular formula is C14H15BO. The summed E-state index contributed by atoms with van der Waals surface area (Å²) in [6, 6.07) is 9.52. The van der Waals surface area contributed by atoms with Crippen LogP contribution in [0.25, 0.3) is 0 Å². The Balaban J connectivity index is 2.96. The van der Waals surface area contributed by atoms with E-state index in [1.807, 2.05) is 36.4 Å². The molecule has 1 aromatic rings. The second-order valence-corrected chi connectivity index (χ2v) is 3.31. The van der Waals surface area contributed by atoms with Crippen LogP contribution in [0.4, 0.5) is 0 Å². The predicted molar refractivity (Wildman–Crippen MR) is 71.7 cm³/mol. The third-order valence-electron chi connectivity index (χ3n) is 2.17. The van der Waals surface area contributed by atoms with E-state index >= 15 is 0 Å². The smallest absolute Gasteiger partial charge is 0.358 e. The molecule has 2 heteroatoms. The largest absolute Gasteiger partial charge is 0.443 e. The number of hydrogen-bond donors (Lipinski definition) is 1. The maximum absolute atomic E-state index is 10.1. The second kappa shape index (κ2) is 6.65. The molecule has 1 nitrogen and oxygen atoms in total. The van der Waals surface area contributed by atoms with Gasteiger partial charge < -0.3 is 5.02 Å². The van der Waals surface area contributed by atoms with Crippen molar-refractivity contribution in [1.82, 2.24) is 0 Å². The summed E-state index contributed by atoms with van der Waals surface area (Å²) in [4.78, 5) is 0. The highest BCUT2D eigenvalue weighted by Crippen LogP contribution is 2.02. The Labute approximate surface area is 97.2 Å². The van der Waals surface area contributed by atoms with E-state index in [4.69, 9.17) is 0 Å². The van der Waals surface area contributed by atoms with Crippen LogP contribution in [0.5, 0.6) is 0 Å². The first-order chi connectivity index (χ1) is 7.79. The van der Waals surface area contributed by atoms with E-state index in [9.17, 15) is 5.02 Å². The molecule has 0 aliphatic carbocycles. The Kier molecular flexibility index (Phi) is 5.10. The van der Waals surface area contributed by atoms with Crippen molar-refractivity contribution in [3.05, 3.63) is 79.3 Å². The van der Waals surface area contributed by atoms with E-state index in [0.717, 1.165) is 10.9 Å². The molecule has 0 saturated heterocycles. The molecule has 0 radical (unpaired) electrons. The highest BCUT2D eigenvalue weighted by Gasteiger charge is 2.16. The summed E-state index contributed by atoms with van der Waals surface area (Å²) in [5.41, 5.74) is 1.66. The first-order valence-corrected chi connectivity index (χ1v) is 5.14. The molecule has 0 atom stereocenters. The van der Waals surface area contributed by atoms with E-state index in [1.165, 1.54) is 0 Å². The number of hydrogen-bond acceptors (Lipinski definition) is 1. The number of benzene rings is 1. The Hall–Kier alpha value is -1.80. The van der Waals surface area contributed by atoms with Gasteiger partial charge in [-0.25, -0.2) is 0 Å². The molecule has 0 aliphatic rings. The SMILES string of the molecule is C=C/C=C\C(=C/C=C)B(O)c1ccccc1. The molecule has 0 aliphatic heterocycles. The van der Waals surface area contributed by atoms with Gasteiger partial charge in [-0.3, -0.25) is 0 Å². The zero-order chi connectivity index (χ0) is 11.8. The molecule has 0 heterocycles. The summed E-state index contributed by atoms with van der Waals surface area (Å²) in [7, 11) is 0. The average molecular weight is 210 g/mol. The molecule has 0 fully saturated rings. The maximum Gasteiger partial charge on any atom is 0.358 e. The van der Waals surface area contributed by atoms with E-state index in [2.05, 4.69) is 13.2 Å². The summed E-state index contributed by atoms with van der Waals surface area (Å²) >= 11 is 0. The van der Waals surface area contributed by atoms with Crippen molar-refractivity contribution in [3.63, 3.8) is 0 Å². The van der Waals surface area contributed by atoms with Crippen molar-refractivity contribution in [2.75, 3.05) is 0 Å². The van der Waals surface area contributed by atoms with E-state index in [0.29, 0.717) is 0 Å². The van der Waals surface area contributed by atoms with Crippen LogP contribution in [0.1, 0.15) is 0 Å². The van der Waals surface area contributed by atoms with Gasteiger partial charge in [0, 0.05) is 0 Å². The van der Waals surface area contributed by atoms with Crippen molar-refractivity contribution in [2.45, 2.75) is 0 Å². The monoisotopic (exact) mass is 210 g/mol. The van der Waals surface area contributed by atoms with E-state index < -0.39 is 6.92 Å². The molecule has 0 amide bonds. The lowest BCUT2D eigenvalue weighted by Crippen LogP contribution is -2.31. The zero-order valence-corrected chi connectivity index (χ0v) is 9.21. The lowest BCUT2D eigenvalue weighted by Gasteiger charge is -2.07. The van der Waals surface area contributed by atoms with Crippen LogP contribution >= 0.6 is 0 Å². The van der Waals surface area contributed by atoms with Crippen LogP contribution in [0, 0.1) is 0 Å². The summed E-state index contributed by atoms with van der Waals surface area (Å²) in [5.74, 6) is 0. The normalized spacial score (nSPS) is 11.4. The summed E-state index contributed by atoms with van der Waals surface area (Å²) in [6.45, 7) is 6.61. The minimum atomic E-state index is -0.629. The van der Waals surface area contributed by atoms with Crippen LogP contribution in [-0.2, 0) is 0 Å². The van der Waals surface area contributed by atoms with Crippen LogP contribution in [0.15, 0.2) is 79.3 Å². The van der Waals surface area contributed by atoms with Crippen molar-refractivity contribution >= 4 is 12.4 Å². The third kappa shape index (κ3) is 3.41. The minimum absolute atomic E-state index is 0.629. The van der Waals surface area contributed by atoms with Gasteiger partial charge in [-0.1, -0.05) is 73.9 Å². The fraction of sp³-hybridized carbons (Fsp3) is 0. The summed E-state index contributed by atoms with van der Waals surface area (Å²) in [5, 5.41) is 10.1. The quantitative estimate of drug-likeness (QED) is 0.583. The molecule has 0 unspecified atom stereocenters. The first-order valence-electron chi connectivity index (χ1n) is 5.14. The molecule has 16 heavy (non-hydrogen) atoms. The maximum atomic E-state index is 10.1. The number of allylic oxidation sites excluding steroid dienone is 6. The average Bonchev–Trinajstić information content (AvgIpc) is 2.35. The highest BCUT2D eigenvalue weighted by atomic mass is 16.2. The highest BCUT2D eigenvalue weighted by molar-refractivity contribution is 6.73. The van der Waals surface area contributed by atoms with Crippen LogP contribution in [0.3, 0.4) is 0 Å². The van der Waals surface area contributed by atoms with Gasteiger partial charge in [-0.15, -0.1) is 0 Å². The molecule has 1 aromatic carbocycles. The van der Waals surface area contributed by atoms with Gasteiger partial charge >= 0.3 is 6.92 Å². The molecule has 0 bridgehead atoms. The van der Waals surface area contributed by atoms with Crippen molar-refractivity contribution < 1.29 is 5.02 Å². The lowest BCUT2D eigenvalue weighted by molar-refractivity contribution is 0.596. The van der Waals surface area contributed by atoms with Crippen molar-refractivity contribution in [2.24, 2.45) is 0 Å². The van der Waals surface area contributed by atoms with Crippen LogP contribution in [-0.4, -0.2) is 11.9 Å². The van der Waals surface area contributed by atoms with Gasteiger partial charge in [0.15, 0.2) is 0 Å². The zero-order valence-electron chi connectivity index (χ0n) is 9.21. The third-order valence-corrected chi connectivity index (χ3v) is 2.17. The molecular weight excluding hydrogens is 195 g/mol. The van der Waals surface area contributed by atoms with Crippen LogP contribution in [0.2, 0.25) is 0 Å². The van der Waals surface area contributed by atoms with Gasteiger partial charge in [-0.05, 0) is 10.9 Å². The Morgan fingerprint density at radius 3 is 2.38 bits per heavy atom. The Bertz CT molecular complexity index is 404. The summed E-state index contributed by atoms with van der Waals surface area (Å²) in [6.07, 6.45) is 8.75. The van der Waals surface area contributed by atoms with Gasteiger partial charge in [-0.2, -0.15) is 0 Å². The minimum Gasteiger partial charge on any atom is -0.443 e. The van der Waals surface area contributed by atoms with Gasteiger partial charge in [0.1, 0.15) is 0 Å². The molecule has 1 N–H and O–H groups in total. The lowest BCUT2D eigenvalue weighted by atomic mass is 9.55. The number of rotatable bonds is 5. The Morgan fingerprint density at radius 2 is 1.81 bits per heavy atom. The van der Waals surface area contributed by atoms with Gasteiger partial charge in [0.2, 0.25) is 0 Å².